The quantitative estimate of drug-likeness (QED) is 0.665. The van der Waals surface area contributed by atoms with Crippen LogP contribution in [0.3, 0.4) is 0 Å². The van der Waals surface area contributed by atoms with Crippen LogP contribution in [0, 0.1) is 18.6 Å². The summed E-state index contributed by atoms with van der Waals surface area (Å²) in [4.78, 5) is 9.77. The summed E-state index contributed by atoms with van der Waals surface area (Å²) >= 11 is 0. The zero-order valence-corrected chi connectivity index (χ0v) is 16.1. The minimum absolute atomic E-state index is 0.269. The number of guanidine groups is 1. The number of rotatable bonds is 4. The van der Waals surface area contributed by atoms with E-state index in [0.717, 1.165) is 28.2 Å². The van der Waals surface area contributed by atoms with Gasteiger partial charge in [0.2, 0.25) is 5.96 Å². The number of halogens is 2. The molecule has 0 bridgehead atoms. The van der Waals surface area contributed by atoms with Gasteiger partial charge in [-0.1, -0.05) is 12.6 Å². The number of nitrogens with one attached hydrogen (secondary N) is 2. The molecule has 4 rings (SSSR count). The number of hydrogen-bond donors (Lipinski definition) is 2. The van der Waals surface area contributed by atoms with Crippen molar-refractivity contribution >= 4 is 22.5 Å². The second kappa shape index (κ2) is 7.43. The lowest BCUT2D eigenvalue weighted by molar-refractivity contribution is 0.282. The van der Waals surface area contributed by atoms with E-state index in [0.29, 0.717) is 23.0 Å². The molecule has 1 aromatic heterocycles. The number of aliphatic imine (C=N–C) groups is 1. The van der Waals surface area contributed by atoms with Crippen molar-refractivity contribution in [3.63, 3.8) is 0 Å². The summed E-state index contributed by atoms with van der Waals surface area (Å²) in [5, 5.41) is 4.13. The van der Waals surface area contributed by atoms with Gasteiger partial charge in [0, 0.05) is 17.1 Å². The Labute approximate surface area is 167 Å². The fraction of sp³-hybridized carbons (Fsp3) is 0.136. The van der Waals surface area contributed by atoms with Crippen molar-refractivity contribution in [2.45, 2.75) is 13.5 Å². The van der Waals surface area contributed by atoms with Crippen LogP contribution in [0.25, 0.3) is 10.9 Å². The number of aromatic nitrogens is 1. The minimum atomic E-state index is -0.890. The minimum Gasteiger partial charge on any atom is -0.493 e. The van der Waals surface area contributed by atoms with Gasteiger partial charge in [0.25, 0.3) is 0 Å². The first kappa shape index (κ1) is 18.7. The Morgan fingerprint density at radius 3 is 2.72 bits per heavy atom. The van der Waals surface area contributed by atoms with Crippen LogP contribution in [-0.2, 0) is 11.3 Å². The van der Waals surface area contributed by atoms with Crippen LogP contribution in [0.1, 0.15) is 11.1 Å². The van der Waals surface area contributed by atoms with E-state index in [-0.39, 0.29) is 6.54 Å². The number of hydrogen-bond acceptors (Lipinski definition) is 2. The van der Waals surface area contributed by atoms with Crippen molar-refractivity contribution < 1.29 is 13.5 Å². The predicted molar refractivity (Wildman–Crippen MR) is 109 cm³/mol. The van der Waals surface area contributed by atoms with Crippen LogP contribution in [0.4, 0.5) is 14.5 Å². The van der Waals surface area contributed by atoms with E-state index in [9.17, 15) is 8.78 Å². The van der Waals surface area contributed by atoms with Gasteiger partial charge in [-0.2, -0.15) is 0 Å². The summed E-state index contributed by atoms with van der Waals surface area (Å²) in [6.07, 6.45) is 3.60. The fourth-order valence-corrected chi connectivity index (χ4v) is 3.27. The van der Waals surface area contributed by atoms with E-state index in [1.54, 1.807) is 18.2 Å². The maximum absolute atomic E-state index is 13.7. The molecule has 3 aromatic rings. The summed E-state index contributed by atoms with van der Waals surface area (Å²) in [5.74, 6) is -0.731. The normalized spacial score (nSPS) is 15.6. The number of methoxy groups -OCH3 is 1. The van der Waals surface area contributed by atoms with Crippen LogP contribution in [0.2, 0.25) is 0 Å². The molecular formula is C22H20F2N4O. The molecule has 148 valence electrons. The fourth-order valence-electron chi connectivity index (χ4n) is 3.27. The molecule has 0 unspecified atom stereocenters. The van der Waals surface area contributed by atoms with Gasteiger partial charge in [-0.05, 0) is 48.4 Å². The Bertz CT molecular complexity index is 1160. The molecule has 0 aliphatic carbocycles. The number of ether oxygens (including phenoxy) is 1. The molecular weight excluding hydrogens is 374 g/mol. The first-order chi connectivity index (χ1) is 13.9. The van der Waals surface area contributed by atoms with Crippen LogP contribution < -0.4 is 5.32 Å². The Morgan fingerprint density at radius 2 is 1.97 bits per heavy atom. The highest BCUT2D eigenvalue weighted by Gasteiger charge is 2.21. The first-order valence-electron chi connectivity index (χ1n) is 9.03. The van der Waals surface area contributed by atoms with Gasteiger partial charge in [-0.25, -0.2) is 13.8 Å². The molecule has 0 amide bonds. The third-order valence-corrected chi connectivity index (χ3v) is 4.68. The molecule has 0 saturated carbocycles. The lowest BCUT2D eigenvalue weighted by Gasteiger charge is -2.30. The highest BCUT2D eigenvalue weighted by molar-refractivity contribution is 5.96. The lowest BCUT2D eigenvalue weighted by atomic mass is 10.1. The molecule has 2 heterocycles. The van der Waals surface area contributed by atoms with Crippen molar-refractivity contribution in [3.05, 3.63) is 89.6 Å². The van der Waals surface area contributed by atoms with Gasteiger partial charge in [0.05, 0.1) is 31.2 Å². The highest BCUT2D eigenvalue weighted by atomic mass is 19.2. The average Bonchev–Trinajstić information content (AvgIpc) is 3.15. The standard InChI is InChI=1S/C22H20F2N4O/c1-13-8-19-16(6-7-25-19)20(9-13)27-22-26-14(2)21(29-3)12-28(22)11-15-4-5-17(23)18(24)10-15/h4-10,12,25H,2,11H2,1,3H3,(H,26,27). The SMILES string of the molecule is C=C1NC(=Nc2cc(C)cc3[nH]ccc23)N(Cc2ccc(F)c(F)c2)C=C1OC. The van der Waals surface area contributed by atoms with Crippen LogP contribution in [-0.4, -0.2) is 23.0 Å². The number of aryl methyl sites for hydroxylation is 1. The molecule has 1 aliphatic heterocycles. The van der Waals surface area contributed by atoms with Gasteiger partial charge in [0.1, 0.15) is 0 Å². The molecule has 1 aliphatic rings. The van der Waals surface area contributed by atoms with E-state index in [4.69, 9.17) is 9.73 Å². The molecule has 2 N–H and O–H groups in total. The van der Waals surface area contributed by atoms with Gasteiger partial charge >= 0.3 is 0 Å². The number of H-pyrrole nitrogens is 1. The van der Waals surface area contributed by atoms with E-state index in [1.165, 1.54) is 12.1 Å². The monoisotopic (exact) mass is 394 g/mol. The van der Waals surface area contributed by atoms with Gasteiger partial charge < -0.3 is 19.9 Å². The molecule has 0 saturated heterocycles. The Kier molecular flexibility index (Phi) is 4.80. The van der Waals surface area contributed by atoms with Crippen LogP contribution in [0.15, 0.2) is 71.8 Å². The highest BCUT2D eigenvalue weighted by Crippen LogP contribution is 2.28. The summed E-state index contributed by atoms with van der Waals surface area (Å²) in [7, 11) is 1.54. The average molecular weight is 394 g/mol. The number of benzene rings is 2. The Balaban J connectivity index is 1.77. The van der Waals surface area contributed by atoms with E-state index >= 15 is 0 Å². The second-order valence-electron chi connectivity index (χ2n) is 6.84. The second-order valence-corrected chi connectivity index (χ2v) is 6.84. The molecule has 29 heavy (non-hydrogen) atoms. The van der Waals surface area contributed by atoms with E-state index in [2.05, 4.69) is 16.9 Å². The largest absolute Gasteiger partial charge is 0.493 e. The van der Waals surface area contributed by atoms with E-state index < -0.39 is 11.6 Å². The summed E-state index contributed by atoms with van der Waals surface area (Å²) in [6, 6.07) is 9.82. The van der Waals surface area contributed by atoms with Gasteiger partial charge in [-0.15, -0.1) is 0 Å². The molecule has 0 fully saturated rings. The molecule has 0 spiro atoms. The predicted octanol–water partition coefficient (Wildman–Crippen LogP) is 4.85. The molecule has 7 heteroatoms. The number of fused-ring (bicyclic) bond motifs is 1. The summed E-state index contributed by atoms with van der Waals surface area (Å²) < 4.78 is 32.3. The van der Waals surface area contributed by atoms with E-state index in [1.807, 2.05) is 31.3 Å². The zero-order chi connectivity index (χ0) is 20.5. The van der Waals surface area contributed by atoms with Crippen molar-refractivity contribution in [1.82, 2.24) is 15.2 Å². The van der Waals surface area contributed by atoms with Crippen molar-refractivity contribution in [2.75, 3.05) is 7.11 Å². The Hall–Kier alpha value is -3.61. The summed E-state index contributed by atoms with van der Waals surface area (Å²) in [5.41, 5.74) is 3.98. The van der Waals surface area contributed by atoms with Crippen LogP contribution >= 0.6 is 0 Å². The van der Waals surface area contributed by atoms with Gasteiger partial charge in [0.15, 0.2) is 17.4 Å². The van der Waals surface area contributed by atoms with Crippen LogP contribution in [0.5, 0.6) is 0 Å². The summed E-state index contributed by atoms with van der Waals surface area (Å²) in [6.45, 7) is 6.24. The van der Waals surface area contributed by atoms with Crippen molar-refractivity contribution in [1.29, 1.82) is 0 Å². The van der Waals surface area contributed by atoms with Gasteiger partial charge in [-0.3, -0.25) is 0 Å². The smallest absolute Gasteiger partial charge is 0.208 e. The molecule has 5 nitrogen and oxygen atoms in total. The topological polar surface area (TPSA) is 52.7 Å². The number of nitrogens with zero attached hydrogens (tertiary/aromatic N) is 2. The third kappa shape index (κ3) is 3.71. The zero-order valence-electron chi connectivity index (χ0n) is 16.1. The first-order valence-corrected chi connectivity index (χ1v) is 9.03. The molecule has 0 radical (unpaired) electrons. The maximum Gasteiger partial charge on any atom is 0.208 e. The van der Waals surface area contributed by atoms with Crippen molar-refractivity contribution in [3.8, 4) is 0 Å². The molecule has 2 aromatic carbocycles. The molecule has 0 atom stereocenters. The Morgan fingerprint density at radius 1 is 1.14 bits per heavy atom. The number of aromatic amines is 1. The maximum atomic E-state index is 13.7. The lowest BCUT2D eigenvalue weighted by Crippen LogP contribution is -2.41. The third-order valence-electron chi connectivity index (χ3n) is 4.68. The van der Waals surface area contributed by atoms with Crippen molar-refractivity contribution in [2.24, 2.45) is 4.99 Å².